The summed E-state index contributed by atoms with van der Waals surface area (Å²) < 4.78 is 10.7. The smallest absolute Gasteiger partial charge is 0.123 e. The highest BCUT2D eigenvalue weighted by molar-refractivity contribution is 7.11. The van der Waals surface area contributed by atoms with Crippen LogP contribution in [0.15, 0.2) is 36.4 Å². The van der Waals surface area contributed by atoms with Crippen molar-refractivity contribution in [3.8, 4) is 11.5 Å². The molecule has 0 bridgehead atoms. The maximum absolute atomic E-state index is 9.90. The lowest BCUT2D eigenvalue weighted by Gasteiger charge is -2.13. The quantitative estimate of drug-likeness (QED) is 0.787. The normalized spacial score (nSPS) is 12.1. The molecule has 0 fully saturated rings. The summed E-state index contributed by atoms with van der Waals surface area (Å²) in [6, 6.07) is 11.6. The third kappa shape index (κ3) is 5.38. The van der Waals surface area contributed by atoms with E-state index in [0.29, 0.717) is 12.3 Å². The monoisotopic (exact) mass is 307 g/mol. The number of aliphatic hydroxyl groups excluding tert-OH is 1. The van der Waals surface area contributed by atoms with E-state index >= 15 is 0 Å². The number of methoxy groups -OCH3 is 1. The molecule has 1 aromatic carbocycles. The van der Waals surface area contributed by atoms with E-state index in [9.17, 15) is 5.11 Å². The van der Waals surface area contributed by atoms with E-state index in [1.807, 2.05) is 18.2 Å². The van der Waals surface area contributed by atoms with Gasteiger partial charge in [0.05, 0.1) is 7.11 Å². The van der Waals surface area contributed by atoms with E-state index in [0.717, 1.165) is 12.3 Å². The Morgan fingerprint density at radius 2 is 2.05 bits per heavy atom. The van der Waals surface area contributed by atoms with Gasteiger partial charge in [-0.15, -0.1) is 11.3 Å². The van der Waals surface area contributed by atoms with E-state index in [4.69, 9.17) is 9.47 Å². The second kappa shape index (κ2) is 8.02. The van der Waals surface area contributed by atoms with E-state index in [-0.39, 0.29) is 6.61 Å². The molecule has 0 saturated carbocycles. The van der Waals surface area contributed by atoms with E-state index in [1.165, 1.54) is 9.75 Å². The van der Waals surface area contributed by atoms with Crippen LogP contribution in [0.4, 0.5) is 0 Å². The number of hydrogen-bond acceptors (Lipinski definition) is 5. The van der Waals surface area contributed by atoms with Crippen LogP contribution >= 0.6 is 11.3 Å². The van der Waals surface area contributed by atoms with Gasteiger partial charge in [0.2, 0.25) is 0 Å². The Balaban J connectivity index is 1.68. The highest BCUT2D eigenvalue weighted by Crippen LogP contribution is 2.19. The zero-order chi connectivity index (χ0) is 15.1. The van der Waals surface area contributed by atoms with Crippen molar-refractivity contribution in [2.45, 2.75) is 19.6 Å². The minimum atomic E-state index is -0.544. The molecule has 4 nitrogen and oxygen atoms in total. The Morgan fingerprint density at radius 3 is 2.76 bits per heavy atom. The first-order chi connectivity index (χ1) is 10.2. The number of hydrogen-bond donors (Lipinski definition) is 2. The number of aliphatic hydroxyl groups is 1. The van der Waals surface area contributed by atoms with E-state index in [2.05, 4.69) is 24.4 Å². The van der Waals surface area contributed by atoms with Gasteiger partial charge in [0.1, 0.15) is 24.2 Å². The standard InChI is InChI=1S/C16H21NO3S/c1-12-6-7-16(21-12)10-17-9-13(18)11-20-15-5-3-4-14(8-15)19-2/h3-8,13,17-18H,9-11H2,1-2H3. The van der Waals surface area contributed by atoms with Crippen LogP contribution in [-0.2, 0) is 6.54 Å². The van der Waals surface area contributed by atoms with Gasteiger partial charge >= 0.3 is 0 Å². The predicted octanol–water partition coefficient (Wildman–Crippen LogP) is 2.59. The molecule has 0 aliphatic carbocycles. The fraction of sp³-hybridized carbons (Fsp3) is 0.375. The Labute approximate surface area is 129 Å². The van der Waals surface area contributed by atoms with Gasteiger partial charge in [0, 0.05) is 28.9 Å². The molecular formula is C16H21NO3S. The number of nitrogens with one attached hydrogen (secondary N) is 1. The Hall–Kier alpha value is -1.56. The Morgan fingerprint density at radius 1 is 1.24 bits per heavy atom. The molecule has 5 heteroatoms. The van der Waals surface area contributed by atoms with Crippen LogP contribution in [0.25, 0.3) is 0 Å². The lowest BCUT2D eigenvalue weighted by Crippen LogP contribution is -2.30. The first-order valence-electron chi connectivity index (χ1n) is 6.88. The number of thiophene rings is 1. The van der Waals surface area contributed by atoms with Gasteiger partial charge in [-0.05, 0) is 31.2 Å². The van der Waals surface area contributed by atoms with Crippen LogP contribution in [0.2, 0.25) is 0 Å². The highest BCUT2D eigenvalue weighted by Gasteiger charge is 2.06. The summed E-state index contributed by atoms with van der Waals surface area (Å²) in [6.07, 6.45) is -0.544. The summed E-state index contributed by atoms with van der Waals surface area (Å²) in [5.41, 5.74) is 0. The second-order valence-corrected chi connectivity index (χ2v) is 6.16. The maximum Gasteiger partial charge on any atom is 0.123 e. The lowest BCUT2D eigenvalue weighted by molar-refractivity contribution is 0.106. The van der Waals surface area contributed by atoms with Crippen LogP contribution in [0, 0.1) is 6.92 Å². The zero-order valence-electron chi connectivity index (χ0n) is 12.3. The van der Waals surface area contributed by atoms with Crippen molar-refractivity contribution in [1.29, 1.82) is 0 Å². The van der Waals surface area contributed by atoms with Gasteiger partial charge in [-0.3, -0.25) is 0 Å². The van der Waals surface area contributed by atoms with Crippen LogP contribution in [0.1, 0.15) is 9.75 Å². The van der Waals surface area contributed by atoms with Crippen molar-refractivity contribution in [3.63, 3.8) is 0 Å². The number of aryl methyl sites for hydroxylation is 1. The van der Waals surface area contributed by atoms with Gasteiger partial charge in [-0.2, -0.15) is 0 Å². The minimum Gasteiger partial charge on any atom is -0.497 e. The molecule has 21 heavy (non-hydrogen) atoms. The molecule has 1 aromatic heterocycles. The average Bonchev–Trinajstić information content (AvgIpc) is 2.91. The summed E-state index contributed by atoms with van der Waals surface area (Å²) in [7, 11) is 1.62. The third-order valence-electron chi connectivity index (χ3n) is 2.96. The Kier molecular flexibility index (Phi) is 6.04. The molecule has 114 valence electrons. The highest BCUT2D eigenvalue weighted by atomic mass is 32.1. The van der Waals surface area contributed by atoms with E-state index in [1.54, 1.807) is 24.5 Å². The summed E-state index contributed by atoms with van der Waals surface area (Å²) in [6.45, 7) is 3.62. The summed E-state index contributed by atoms with van der Waals surface area (Å²) >= 11 is 1.76. The second-order valence-electron chi connectivity index (χ2n) is 4.79. The van der Waals surface area contributed by atoms with Gasteiger partial charge in [-0.25, -0.2) is 0 Å². The van der Waals surface area contributed by atoms with E-state index < -0.39 is 6.10 Å². The first kappa shape index (κ1) is 15.8. The molecular weight excluding hydrogens is 286 g/mol. The molecule has 0 radical (unpaired) electrons. The summed E-state index contributed by atoms with van der Waals surface area (Å²) in [5.74, 6) is 1.44. The molecule has 0 aliphatic heterocycles. The molecule has 0 spiro atoms. The molecule has 1 unspecified atom stereocenters. The SMILES string of the molecule is COc1cccc(OCC(O)CNCc2ccc(C)s2)c1. The summed E-state index contributed by atoms with van der Waals surface area (Å²) in [4.78, 5) is 2.57. The molecule has 1 heterocycles. The van der Waals surface area contributed by atoms with Crippen molar-refractivity contribution in [2.75, 3.05) is 20.3 Å². The molecule has 2 rings (SSSR count). The van der Waals surface area contributed by atoms with Crippen molar-refractivity contribution in [3.05, 3.63) is 46.2 Å². The largest absolute Gasteiger partial charge is 0.497 e. The maximum atomic E-state index is 9.90. The van der Waals surface area contributed by atoms with Crippen LogP contribution in [0.5, 0.6) is 11.5 Å². The van der Waals surface area contributed by atoms with Crippen molar-refractivity contribution < 1.29 is 14.6 Å². The predicted molar refractivity (Wildman–Crippen MR) is 85.3 cm³/mol. The fourth-order valence-electron chi connectivity index (χ4n) is 1.88. The average molecular weight is 307 g/mol. The summed E-state index contributed by atoms with van der Waals surface area (Å²) in [5, 5.41) is 13.1. The van der Waals surface area contributed by atoms with Crippen LogP contribution in [0.3, 0.4) is 0 Å². The lowest BCUT2D eigenvalue weighted by atomic mass is 10.3. The van der Waals surface area contributed by atoms with Crippen molar-refractivity contribution in [1.82, 2.24) is 5.32 Å². The minimum absolute atomic E-state index is 0.254. The number of ether oxygens (including phenoxy) is 2. The van der Waals surface area contributed by atoms with Crippen LogP contribution < -0.4 is 14.8 Å². The molecule has 2 N–H and O–H groups in total. The third-order valence-corrected chi connectivity index (χ3v) is 3.96. The molecule has 0 saturated heterocycles. The Bertz CT molecular complexity index is 556. The molecule has 0 aliphatic rings. The van der Waals surface area contributed by atoms with Gasteiger partial charge in [-0.1, -0.05) is 6.07 Å². The fourth-order valence-corrected chi connectivity index (χ4v) is 2.74. The topological polar surface area (TPSA) is 50.7 Å². The van der Waals surface area contributed by atoms with Crippen molar-refractivity contribution >= 4 is 11.3 Å². The molecule has 1 atom stereocenters. The molecule has 0 amide bonds. The first-order valence-corrected chi connectivity index (χ1v) is 7.70. The molecule has 2 aromatic rings. The van der Waals surface area contributed by atoms with Crippen molar-refractivity contribution in [2.24, 2.45) is 0 Å². The van der Waals surface area contributed by atoms with Gasteiger partial charge < -0.3 is 19.9 Å². The van der Waals surface area contributed by atoms with Gasteiger partial charge in [0.25, 0.3) is 0 Å². The zero-order valence-corrected chi connectivity index (χ0v) is 13.2. The number of rotatable bonds is 8. The van der Waals surface area contributed by atoms with Gasteiger partial charge in [0.15, 0.2) is 0 Å². The van der Waals surface area contributed by atoms with Crippen LogP contribution in [-0.4, -0.2) is 31.5 Å². The number of benzene rings is 1.